The highest BCUT2D eigenvalue weighted by Gasteiger charge is 2.17. The minimum atomic E-state index is 0.807. The molecular formula is C14H19N3O. The summed E-state index contributed by atoms with van der Waals surface area (Å²) in [7, 11) is 2.01. The van der Waals surface area contributed by atoms with Gasteiger partial charge >= 0.3 is 0 Å². The second-order valence-electron chi connectivity index (χ2n) is 4.99. The lowest BCUT2D eigenvalue weighted by Crippen LogP contribution is -2.36. The molecule has 0 spiro atoms. The topological polar surface area (TPSA) is 30.3 Å². The van der Waals surface area contributed by atoms with Gasteiger partial charge in [0.15, 0.2) is 0 Å². The van der Waals surface area contributed by atoms with Gasteiger partial charge in [0.05, 0.1) is 18.9 Å². The van der Waals surface area contributed by atoms with Crippen LogP contribution in [0.3, 0.4) is 0 Å². The second kappa shape index (κ2) is 4.28. The molecule has 1 aliphatic heterocycles. The molecule has 1 fully saturated rings. The number of hydrogen-bond acceptors (Lipinski definition) is 3. The van der Waals surface area contributed by atoms with Gasteiger partial charge in [0.25, 0.3) is 0 Å². The Morgan fingerprint density at radius 3 is 2.61 bits per heavy atom. The summed E-state index contributed by atoms with van der Waals surface area (Å²) < 4.78 is 7.39. The van der Waals surface area contributed by atoms with Crippen molar-refractivity contribution in [1.29, 1.82) is 0 Å². The van der Waals surface area contributed by atoms with Crippen molar-refractivity contribution in [1.82, 2.24) is 9.78 Å². The maximum atomic E-state index is 5.43. The first-order valence-corrected chi connectivity index (χ1v) is 6.43. The molecule has 1 aromatic carbocycles. The molecule has 0 saturated carbocycles. The number of aromatic nitrogens is 2. The van der Waals surface area contributed by atoms with E-state index in [1.165, 1.54) is 22.3 Å². The monoisotopic (exact) mass is 245 g/mol. The van der Waals surface area contributed by atoms with Crippen LogP contribution in [0.2, 0.25) is 0 Å². The SMILES string of the molecule is Cc1cc(N2CCOCC2)c2nn(C)c(C)c2c1. The smallest absolute Gasteiger partial charge is 0.116 e. The van der Waals surface area contributed by atoms with Gasteiger partial charge in [-0.2, -0.15) is 5.10 Å². The Kier molecular flexibility index (Phi) is 2.74. The van der Waals surface area contributed by atoms with E-state index in [0.29, 0.717) is 0 Å². The summed E-state index contributed by atoms with van der Waals surface area (Å²) >= 11 is 0. The molecule has 2 heterocycles. The average Bonchev–Trinajstić information content (AvgIpc) is 2.66. The van der Waals surface area contributed by atoms with Crippen molar-refractivity contribution < 1.29 is 4.74 Å². The Hall–Kier alpha value is -1.55. The fraction of sp³-hybridized carbons (Fsp3) is 0.500. The molecule has 0 atom stereocenters. The summed E-state index contributed by atoms with van der Waals surface area (Å²) in [5.41, 5.74) is 4.88. The second-order valence-corrected chi connectivity index (χ2v) is 4.99. The number of morpholine rings is 1. The van der Waals surface area contributed by atoms with E-state index < -0.39 is 0 Å². The number of nitrogens with zero attached hydrogens (tertiary/aromatic N) is 3. The first kappa shape index (κ1) is 11.5. The number of benzene rings is 1. The van der Waals surface area contributed by atoms with Crippen molar-refractivity contribution in [3.05, 3.63) is 23.4 Å². The summed E-state index contributed by atoms with van der Waals surface area (Å²) in [6.07, 6.45) is 0. The predicted molar refractivity (Wildman–Crippen MR) is 73.2 cm³/mol. The standard InChI is InChI=1S/C14H19N3O/c1-10-8-12-11(2)16(3)15-14(12)13(9-10)17-4-6-18-7-5-17/h8-9H,4-7H2,1-3H3. The highest BCUT2D eigenvalue weighted by molar-refractivity contribution is 5.93. The van der Waals surface area contributed by atoms with Crippen LogP contribution in [-0.2, 0) is 11.8 Å². The number of fused-ring (bicyclic) bond motifs is 1. The first-order chi connectivity index (χ1) is 8.66. The van der Waals surface area contributed by atoms with Gasteiger partial charge in [0.2, 0.25) is 0 Å². The van der Waals surface area contributed by atoms with Crippen molar-refractivity contribution in [2.24, 2.45) is 7.05 Å². The Morgan fingerprint density at radius 2 is 1.89 bits per heavy atom. The van der Waals surface area contributed by atoms with Crippen LogP contribution < -0.4 is 4.90 Å². The van der Waals surface area contributed by atoms with Crippen LogP contribution in [0.1, 0.15) is 11.3 Å². The fourth-order valence-electron chi connectivity index (χ4n) is 2.59. The van der Waals surface area contributed by atoms with Crippen molar-refractivity contribution in [2.45, 2.75) is 13.8 Å². The first-order valence-electron chi connectivity index (χ1n) is 6.43. The number of anilines is 1. The van der Waals surface area contributed by atoms with Gasteiger partial charge in [-0.15, -0.1) is 0 Å². The molecule has 4 heteroatoms. The number of hydrogen-bond donors (Lipinski definition) is 0. The number of rotatable bonds is 1. The minimum absolute atomic E-state index is 0.807. The lowest BCUT2D eigenvalue weighted by Gasteiger charge is -2.29. The van der Waals surface area contributed by atoms with E-state index in [1.54, 1.807) is 0 Å². The minimum Gasteiger partial charge on any atom is -0.378 e. The molecule has 1 aromatic heterocycles. The summed E-state index contributed by atoms with van der Waals surface area (Å²) in [5, 5.41) is 5.93. The lowest BCUT2D eigenvalue weighted by atomic mass is 10.1. The van der Waals surface area contributed by atoms with E-state index in [9.17, 15) is 0 Å². The van der Waals surface area contributed by atoms with Gasteiger partial charge in [-0.25, -0.2) is 0 Å². The molecule has 0 N–H and O–H groups in total. The van der Waals surface area contributed by atoms with E-state index in [4.69, 9.17) is 4.74 Å². The molecule has 0 bridgehead atoms. The van der Waals surface area contributed by atoms with Crippen molar-refractivity contribution in [3.8, 4) is 0 Å². The maximum Gasteiger partial charge on any atom is 0.116 e. The molecule has 4 nitrogen and oxygen atoms in total. The molecule has 3 rings (SSSR count). The van der Waals surface area contributed by atoms with E-state index >= 15 is 0 Å². The molecule has 1 aliphatic rings. The Balaban J connectivity index is 2.17. The normalized spacial score (nSPS) is 16.5. The zero-order valence-corrected chi connectivity index (χ0v) is 11.2. The van der Waals surface area contributed by atoms with E-state index in [1.807, 2.05) is 11.7 Å². The zero-order chi connectivity index (χ0) is 12.7. The van der Waals surface area contributed by atoms with Gasteiger partial charge < -0.3 is 9.64 Å². The number of aryl methyl sites for hydroxylation is 3. The zero-order valence-electron chi connectivity index (χ0n) is 11.2. The van der Waals surface area contributed by atoms with Crippen LogP contribution in [0.4, 0.5) is 5.69 Å². The molecule has 0 radical (unpaired) electrons. The van der Waals surface area contributed by atoms with E-state index in [2.05, 4.69) is 36.0 Å². The molecule has 96 valence electrons. The van der Waals surface area contributed by atoms with Gasteiger partial charge in [-0.3, -0.25) is 4.68 Å². The van der Waals surface area contributed by atoms with Crippen LogP contribution >= 0.6 is 0 Å². The third kappa shape index (κ3) is 1.77. The quantitative estimate of drug-likeness (QED) is 0.770. The molecular weight excluding hydrogens is 226 g/mol. The largest absolute Gasteiger partial charge is 0.378 e. The summed E-state index contributed by atoms with van der Waals surface area (Å²) in [6.45, 7) is 7.79. The summed E-state index contributed by atoms with van der Waals surface area (Å²) in [5.74, 6) is 0. The van der Waals surface area contributed by atoms with Crippen LogP contribution in [-0.4, -0.2) is 36.1 Å². The fourth-order valence-corrected chi connectivity index (χ4v) is 2.59. The van der Waals surface area contributed by atoms with Crippen LogP contribution in [0.15, 0.2) is 12.1 Å². The molecule has 2 aromatic rings. The van der Waals surface area contributed by atoms with E-state index in [-0.39, 0.29) is 0 Å². The Bertz CT molecular complexity index is 582. The summed E-state index contributed by atoms with van der Waals surface area (Å²) in [4.78, 5) is 2.38. The third-order valence-corrected chi connectivity index (χ3v) is 3.71. The Morgan fingerprint density at radius 1 is 1.17 bits per heavy atom. The van der Waals surface area contributed by atoms with Gasteiger partial charge in [-0.05, 0) is 31.5 Å². The van der Waals surface area contributed by atoms with E-state index in [0.717, 1.165) is 31.8 Å². The molecule has 1 saturated heterocycles. The van der Waals surface area contributed by atoms with Crippen molar-refractivity contribution in [2.75, 3.05) is 31.2 Å². The highest BCUT2D eigenvalue weighted by atomic mass is 16.5. The van der Waals surface area contributed by atoms with Crippen molar-refractivity contribution in [3.63, 3.8) is 0 Å². The molecule has 0 aliphatic carbocycles. The Labute approximate surface area is 107 Å². The van der Waals surface area contributed by atoms with Gasteiger partial charge in [0.1, 0.15) is 5.52 Å². The average molecular weight is 245 g/mol. The number of ether oxygens (including phenoxy) is 1. The van der Waals surface area contributed by atoms with Crippen molar-refractivity contribution >= 4 is 16.6 Å². The van der Waals surface area contributed by atoms with Gasteiger partial charge in [0, 0.05) is 31.2 Å². The highest BCUT2D eigenvalue weighted by Crippen LogP contribution is 2.30. The molecule has 0 amide bonds. The molecule has 18 heavy (non-hydrogen) atoms. The maximum absolute atomic E-state index is 5.43. The van der Waals surface area contributed by atoms with Crippen LogP contribution in [0, 0.1) is 13.8 Å². The molecule has 0 unspecified atom stereocenters. The third-order valence-electron chi connectivity index (χ3n) is 3.71. The predicted octanol–water partition coefficient (Wildman–Crippen LogP) is 2.03. The summed E-state index contributed by atoms with van der Waals surface area (Å²) in [6, 6.07) is 4.46. The van der Waals surface area contributed by atoms with Gasteiger partial charge in [-0.1, -0.05) is 0 Å². The van der Waals surface area contributed by atoms with Crippen LogP contribution in [0.25, 0.3) is 10.9 Å². The van der Waals surface area contributed by atoms with Crippen LogP contribution in [0.5, 0.6) is 0 Å². The lowest BCUT2D eigenvalue weighted by molar-refractivity contribution is 0.123.